The summed E-state index contributed by atoms with van der Waals surface area (Å²) >= 11 is 7.75. The van der Waals surface area contributed by atoms with Gasteiger partial charge in [0.05, 0.1) is 10.7 Å². The summed E-state index contributed by atoms with van der Waals surface area (Å²) in [5, 5.41) is 8.45. The highest BCUT2D eigenvalue weighted by molar-refractivity contribution is 7.21. The Morgan fingerprint density at radius 1 is 1.17 bits per heavy atom. The number of nitrogens with one attached hydrogen (secondary N) is 2. The first-order valence-electron chi connectivity index (χ1n) is 9.37. The van der Waals surface area contributed by atoms with Crippen molar-refractivity contribution in [3.8, 4) is 0 Å². The Bertz CT molecular complexity index is 1150. The Morgan fingerprint density at radius 2 is 1.97 bits per heavy atom. The number of carbonyl (C=O) groups excluding carboxylic acids is 2. The molecule has 5 nitrogen and oxygen atoms in total. The Balaban J connectivity index is 1.49. The molecule has 2 amide bonds. The van der Waals surface area contributed by atoms with Crippen LogP contribution in [0.5, 0.6) is 0 Å². The van der Waals surface area contributed by atoms with Crippen LogP contribution in [0, 0.1) is 12.8 Å². The smallest absolute Gasteiger partial charge is 0.283 e. The second kappa shape index (κ2) is 7.97. The molecular weight excluding hydrogens is 406 g/mol. The highest BCUT2D eigenvalue weighted by atomic mass is 35.5. The molecule has 1 saturated carbocycles. The number of nitrogens with zero attached hydrogens (tertiary/aromatic N) is 1. The molecule has 0 bridgehead atoms. The number of hydrogen-bond acceptors (Lipinski definition) is 4. The first kappa shape index (κ1) is 19.6. The number of thiophene rings is 1. The third-order valence-corrected chi connectivity index (χ3v) is 6.47. The van der Waals surface area contributed by atoms with Crippen LogP contribution in [-0.4, -0.2) is 17.5 Å². The van der Waals surface area contributed by atoms with Gasteiger partial charge < -0.3 is 5.32 Å². The van der Waals surface area contributed by atoms with Gasteiger partial charge >= 0.3 is 0 Å². The summed E-state index contributed by atoms with van der Waals surface area (Å²) in [6, 6.07) is 13.3. The van der Waals surface area contributed by atoms with E-state index in [1.54, 1.807) is 6.92 Å². The summed E-state index contributed by atoms with van der Waals surface area (Å²) in [6.07, 6.45) is 1.91. The Labute approximate surface area is 177 Å². The van der Waals surface area contributed by atoms with Gasteiger partial charge in [0.1, 0.15) is 4.88 Å². The molecule has 0 aliphatic heterocycles. The first-order chi connectivity index (χ1) is 13.9. The molecule has 0 saturated heterocycles. The van der Waals surface area contributed by atoms with Crippen LogP contribution >= 0.6 is 22.9 Å². The van der Waals surface area contributed by atoms with E-state index in [9.17, 15) is 9.59 Å². The summed E-state index contributed by atoms with van der Waals surface area (Å²) in [7, 11) is 0. The van der Waals surface area contributed by atoms with Gasteiger partial charge in [-0.3, -0.25) is 9.59 Å². The molecule has 7 heteroatoms. The van der Waals surface area contributed by atoms with Gasteiger partial charge in [-0.1, -0.05) is 35.9 Å². The van der Waals surface area contributed by atoms with Crippen LogP contribution in [0.3, 0.4) is 0 Å². The van der Waals surface area contributed by atoms with Gasteiger partial charge in [0.15, 0.2) is 0 Å². The number of carbonyl (C=O) groups is 2. The number of rotatable bonds is 5. The van der Waals surface area contributed by atoms with Crippen molar-refractivity contribution in [2.24, 2.45) is 11.0 Å². The minimum atomic E-state index is -0.341. The fourth-order valence-corrected chi connectivity index (χ4v) is 4.49. The summed E-state index contributed by atoms with van der Waals surface area (Å²) in [5.41, 5.74) is 5.88. The van der Waals surface area contributed by atoms with E-state index in [0.29, 0.717) is 15.6 Å². The predicted octanol–water partition coefficient (Wildman–Crippen LogP) is 5.37. The van der Waals surface area contributed by atoms with E-state index in [1.807, 2.05) is 49.4 Å². The van der Waals surface area contributed by atoms with Crippen molar-refractivity contribution in [1.29, 1.82) is 0 Å². The number of benzene rings is 2. The monoisotopic (exact) mass is 425 g/mol. The molecule has 2 aromatic carbocycles. The average Bonchev–Trinajstić information content (AvgIpc) is 3.50. The van der Waals surface area contributed by atoms with Crippen molar-refractivity contribution < 1.29 is 9.59 Å². The molecule has 1 fully saturated rings. The van der Waals surface area contributed by atoms with E-state index in [4.69, 9.17) is 11.6 Å². The third-order valence-electron chi connectivity index (χ3n) is 4.81. The summed E-state index contributed by atoms with van der Waals surface area (Å²) in [4.78, 5) is 25.0. The standard InChI is InChI=1S/C22H20ClN3O2S/c1-12-6-9-17-18(10-12)29-20(19(17)23)22(28)26-25-13(2)15-4-3-5-16(11-15)24-21(27)14-7-8-14/h3-6,9-11,14H,7-8H2,1-2H3,(H,24,27)(H,26,28)/b25-13-. The average molecular weight is 426 g/mol. The number of fused-ring (bicyclic) bond motifs is 1. The first-order valence-corrected chi connectivity index (χ1v) is 10.6. The number of hydrogen-bond donors (Lipinski definition) is 2. The van der Waals surface area contributed by atoms with E-state index in [-0.39, 0.29) is 17.7 Å². The lowest BCUT2D eigenvalue weighted by Gasteiger charge is -2.07. The highest BCUT2D eigenvalue weighted by Crippen LogP contribution is 2.35. The Kier molecular flexibility index (Phi) is 5.39. The fraction of sp³-hybridized carbons (Fsp3) is 0.227. The largest absolute Gasteiger partial charge is 0.326 e. The van der Waals surface area contributed by atoms with Gasteiger partial charge in [0.2, 0.25) is 5.91 Å². The number of amides is 2. The third kappa shape index (κ3) is 4.33. The molecule has 1 aromatic heterocycles. The summed E-state index contributed by atoms with van der Waals surface area (Å²) in [6.45, 7) is 3.81. The van der Waals surface area contributed by atoms with Crippen LogP contribution in [0.2, 0.25) is 5.02 Å². The molecule has 2 N–H and O–H groups in total. The van der Waals surface area contributed by atoms with Crippen molar-refractivity contribution >= 4 is 56.2 Å². The van der Waals surface area contributed by atoms with Crippen molar-refractivity contribution in [2.45, 2.75) is 26.7 Å². The van der Waals surface area contributed by atoms with Crippen molar-refractivity contribution in [1.82, 2.24) is 5.43 Å². The van der Waals surface area contributed by atoms with Crippen molar-refractivity contribution in [2.75, 3.05) is 5.32 Å². The van der Waals surface area contributed by atoms with E-state index >= 15 is 0 Å². The van der Waals surface area contributed by atoms with Crippen LogP contribution in [0.4, 0.5) is 5.69 Å². The number of hydrazone groups is 1. The number of aryl methyl sites for hydroxylation is 1. The Morgan fingerprint density at radius 3 is 2.72 bits per heavy atom. The molecule has 148 valence electrons. The zero-order valence-corrected chi connectivity index (χ0v) is 17.7. The molecule has 0 spiro atoms. The number of halogens is 1. The van der Waals surface area contributed by atoms with Crippen LogP contribution in [0.25, 0.3) is 10.1 Å². The second-order valence-corrected chi connectivity index (χ2v) is 8.66. The molecule has 1 aliphatic carbocycles. The molecule has 4 rings (SSSR count). The minimum Gasteiger partial charge on any atom is -0.326 e. The van der Waals surface area contributed by atoms with E-state index in [1.165, 1.54) is 11.3 Å². The maximum absolute atomic E-state index is 12.6. The minimum absolute atomic E-state index is 0.0553. The topological polar surface area (TPSA) is 70.6 Å². The fourth-order valence-electron chi connectivity index (χ4n) is 2.98. The van der Waals surface area contributed by atoms with Gasteiger partial charge in [-0.15, -0.1) is 11.3 Å². The highest BCUT2D eigenvalue weighted by Gasteiger charge is 2.29. The van der Waals surface area contributed by atoms with Crippen molar-refractivity contribution in [3.05, 3.63) is 63.5 Å². The van der Waals surface area contributed by atoms with E-state index in [2.05, 4.69) is 15.8 Å². The zero-order chi connectivity index (χ0) is 20.5. The maximum atomic E-state index is 12.6. The van der Waals surface area contributed by atoms with Gasteiger partial charge in [-0.2, -0.15) is 5.10 Å². The van der Waals surface area contributed by atoms with Gasteiger partial charge in [-0.25, -0.2) is 5.43 Å². The normalized spacial score (nSPS) is 14.1. The van der Waals surface area contributed by atoms with E-state index in [0.717, 1.165) is 39.7 Å². The molecule has 0 unspecified atom stereocenters. The Hall–Kier alpha value is -2.70. The molecule has 29 heavy (non-hydrogen) atoms. The quantitative estimate of drug-likeness (QED) is 0.426. The zero-order valence-electron chi connectivity index (χ0n) is 16.1. The maximum Gasteiger partial charge on any atom is 0.283 e. The molecule has 1 aliphatic rings. The molecule has 1 heterocycles. The lowest BCUT2D eigenvalue weighted by atomic mass is 10.1. The van der Waals surface area contributed by atoms with Gasteiger partial charge in [-0.05, 0) is 56.0 Å². The summed E-state index contributed by atoms with van der Waals surface area (Å²) in [5.74, 6) is -0.145. The molecule has 0 radical (unpaired) electrons. The SMILES string of the molecule is C/C(=N/NC(=O)c1sc2cc(C)ccc2c1Cl)c1cccc(NC(=O)C2CC2)c1. The lowest BCUT2D eigenvalue weighted by molar-refractivity contribution is -0.117. The van der Waals surface area contributed by atoms with E-state index < -0.39 is 0 Å². The molecule has 0 atom stereocenters. The summed E-state index contributed by atoms with van der Waals surface area (Å²) < 4.78 is 0.972. The molecular formula is C22H20ClN3O2S. The second-order valence-electron chi connectivity index (χ2n) is 7.23. The van der Waals surface area contributed by atoms with Crippen LogP contribution in [-0.2, 0) is 4.79 Å². The van der Waals surface area contributed by atoms with Crippen molar-refractivity contribution in [3.63, 3.8) is 0 Å². The van der Waals surface area contributed by atoms with Crippen LogP contribution in [0.15, 0.2) is 47.6 Å². The van der Waals surface area contributed by atoms with Crippen LogP contribution in [0.1, 0.15) is 40.6 Å². The van der Waals surface area contributed by atoms with Crippen LogP contribution < -0.4 is 10.7 Å². The lowest BCUT2D eigenvalue weighted by Crippen LogP contribution is -2.18. The predicted molar refractivity (Wildman–Crippen MR) is 119 cm³/mol. The van der Waals surface area contributed by atoms with Gasteiger partial charge in [0, 0.05) is 21.7 Å². The molecule has 3 aromatic rings. The number of anilines is 1. The van der Waals surface area contributed by atoms with Gasteiger partial charge in [0.25, 0.3) is 5.91 Å².